The van der Waals surface area contributed by atoms with Gasteiger partial charge < -0.3 is 4.57 Å². The topological polar surface area (TPSA) is 30.7 Å². The van der Waals surface area contributed by atoms with Crippen LogP contribution in [0.5, 0.6) is 0 Å². The van der Waals surface area contributed by atoms with Crippen molar-refractivity contribution >= 4 is 11.2 Å². The van der Waals surface area contributed by atoms with Crippen molar-refractivity contribution < 1.29 is 0 Å². The first-order valence-corrected chi connectivity index (χ1v) is 4.66. The zero-order valence-electron chi connectivity index (χ0n) is 7.57. The van der Waals surface area contributed by atoms with Gasteiger partial charge in [0.25, 0.3) is 0 Å². The van der Waals surface area contributed by atoms with Crippen LogP contribution in [0, 0.1) is 6.92 Å². The minimum atomic E-state index is 0.667. The van der Waals surface area contributed by atoms with Crippen LogP contribution < -0.4 is 0 Å². The van der Waals surface area contributed by atoms with Gasteiger partial charge in [-0.2, -0.15) is 0 Å². The van der Waals surface area contributed by atoms with Crippen molar-refractivity contribution in [2.45, 2.75) is 25.8 Å². The predicted molar refractivity (Wildman–Crippen MR) is 50.5 cm³/mol. The van der Waals surface area contributed by atoms with Crippen molar-refractivity contribution in [1.29, 1.82) is 0 Å². The first kappa shape index (κ1) is 7.06. The summed E-state index contributed by atoms with van der Waals surface area (Å²) in [5.74, 6) is 1.09. The summed E-state index contributed by atoms with van der Waals surface area (Å²) < 4.78 is 2.26. The Hall–Kier alpha value is -1.38. The predicted octanol–water partition coefficient (Wildman–Crippen LogP) is 2.07. The molecule has 0 N–H and O–H groups in total. The molecular formula is C10H11N3. The molecule has 0 atom stereocenters. The number of pyridine rings is 1. The third-order valence-electron chi connectivity index (χ3n) is 2.54. The molecule has 13 heavy (non-hydrogen) atoms. The standard InChI is InChI=1S/C10H11N3/c1-7-12-9-3-2-6-11-10(9)13(7)8-4-5-8/h2-3,6,8H,4-5H2,1H3. The van der Waals surface area contributed by atoms with Crippen LogP contribution in [-0.4, -0.2) is 14.5 Å². The molecule has 0 saturated heterocycles. The van der Waals surface area contributed by atoms with Gasteiger partial charge in [0.1, 0.15) is 11.3 Å². The lowest BCUT2D eigenvalue weighted by molar-refractivity contribution is 0.726. The van der Waals surface area contributed by atoms with Crippen LogP contribution in [0.25, 0.3) is 11.2 Å². The maximum Gasteiger partial charge on any atom is 0.160 e. The lowest BCUT2D eigenvalue weighted by Gasteiger charge is -2.01. The van der Waals surface area contributed by atoms with Crippen LogP contribution in [0.3, 0.4) is 0 Å². The van der Waals surface area contributed by atoms with Crippen molar-refractivity contribution in [2.24, 2.45) is 0 Å². The fourth-order valence-corrected chi connectivity index (χ4v) is 1.81. The highest BCUT2D eigenvalue weighted by Crippen LogP contribution is 2.37. The average molecular weight is 173 g/mol. The molecule has 1 aliphatic rings. The van der Waals surface area contributed by atoms with Crippen molar-refractivity contribution in [1.82, 2.24) is 14.5 Å². The Bertz CT molecular complexity index is 454. The molecule has 0 radical (unpaired) electrons. The molecule has 1 fully saturated rings. The zero-order chi connectivity index (χ0) is 8.84. The second-order valence-corrected chi connectivity index (χ2v) is 3.61. The molecule has 3 heteroatoms. The molecule has 1 aliphatic carbocycles. The number of rotatable bonds is 1. The van der Waals surface area contributed by atoms with E-state index in [4.69, 9.17) is 0 Å². The van der Waals surface area contributed by atoms with Gasteiger partial charge in [-0.15, -0.1) is 0 Å². The fourth-order valence-electron chi connectivity index (χ4n) is 1.81. The van der Waals surface area contributed by atoms with Gasteiger partial charge >= 0.3 is 0 Å². The molecule has 0 amide bonds. The molecule has 3 rings (SSSR count). The monoisotopic (exact) mass is 173 g/mol. The van der Waals surface area contributed by atoms with Gasteiger partial charge in [0.05, 0.1) is 0 Å². The van der Waals surface area contributed by atoms with E-state index in [9.17, 15) is 0 Å². The van der Waals surface area contributed by atoms with Gasteiger partial charge in [-0.25, -0.2) is 9.97 Å². The van der Waals surface area contributed by atoms with Crippen LogP contribution in [0.15, 0.2) is 18.3 Å². The lowest BCUT2D eigenvalue weighted by atomic mass is 10.4. The Morgan fingerprint density at radius 2 is 2.31 bits per heavy atom. The Morgan fingerprint density at radius 3 is 3.08 bits per heavy atom. The first-order chi connectivity index (χ1) is 6.36. The van der Waals surface area contributed by atoms with E-state index in [2.05, 4.69) is 21.5 Å². The Kier molecular flexibility index (Phi) is 1.26. The smallest absolute Gasteiger partial charge is 0.160 e. The van der Waals surface area contributed by atoms with E-state index in [1.807, 2.05) is 18.3 Å². The van der Waals surface area contributed by atoms with Crippen LogP contribution in [0.2, 0.25) is 0 Å². The Morgan fingerprint density at radius 1 is 1.46 bits per heavy atom. The highest BCUT2D eigenvalue weighted by atomic mass is 15.2. The third-order valence-corrected chi connectivity index (χ3v) is 2.54. The summed E-state index contributed by atoms with van der Waals surface area (Å²) in [6.45, 7) is 2.06. The molecule has 1 saturated carbocycles. The normalized spacial score (nSPS) is 16.7. The van der Waals surface area contributed by atoms with Crippen molar-refractivity contribution in [3.8, 4) is 0 Å². The lowest BCUT2D eigenvalue weighted by Crippen LogP contribution is -1.97. The molecule has 2 aromatic rings. The highest BCUT2D eigenvalue weighted by Gasteiger charge is 2.27. The van der Waals surface area contributed by atoms with Crippen LogP contribution in [0.4, 0.5) is 0 Å². The van der Waals surface area contributed by atoms with E-state index < -0.39 is 0 Å². The van der Waals surface area contributed by atoms with Gasteiger partial charge in [-0.05, 0) is 31.9 Å². The van der Waals surface area contributed by atoms with E-state index in [1.54, 1.807) is 0 Å². The molecule has 66 valence electrons. The minimum Gasteiger partial charge on any atom is -0.310 e. The fraction of sp³-hybridized carbons (Fsp3) is 0.400. The van der Waals surface area contributed by atoms with E-state index in [1.165, 1.54) is 12.8 Å². The summed E-state index contributed by atoms with van der Waals surface area (Å²) in [6, 6.07) is 4.63. The summed E-state index contributed by atoms with van der Waals surface area (Å²) >= 11 is 0. The third kappa shape index (κ3) is 0.963. The van der Waals surface area contributed by atoms with Crippen LogP contribution in [0.1, 0.15) is 24.7 Å². The Balaban J connectivity index is 2.35. The van der Waals surface area contributed by atoms with E-state index in [0.29, 0.717) is 6.04 Å². The number of nitrogens with zero attached hydrogens (tertiary/aromatic N) is 3. The second kappa shape index (κ2) is 2.31. The summed E-state index contributed by atoms with van der Waals surface area (Å²) in [5.41, 5.74) is 2.06. The molecule has 0 unspecified atom stereocenters. The van der Waals surface area contributed by atoms with Gasteiger partial charge in [-0.1, -0.05) is 0 Å². The molecular weight excluding hydrogens is 162 g/mol. The molecule has 2 aromatic heterocycles. The second-order valence-electron chi connectivity index (χ2n) is 3.61. The van der Waals surface area contributed by atoms with E-state index >= 15 is 0 Å². The van der Waals surface area contributed by atoms with Gasteiger partial charge in [0, 0.05) is 12.2 Å². The van der Waals surface area contributed by atoms with Crippen molar-refractivity contribution in [3.05, 3.63) is 24.2 Å². The molecule has 2 heterocycles. The Labute approximate surface area is 76.4 Å². The SMILES string of the molecule is Cc1nc2cccnc2n1C1CC1. The number of fused-ring (bicyclic) bond motifs is 1. The summed E-state index contributed by atoms with van der Waals surface area (Å²) in [7, 11) is 0. The average Bonchev–Trinajstić information content (AvgIpc) is 2.88. The quantitative estimate of drug-likeness (QED) is 0.661. The van der Waals surface area contributed by atoms with Crippen molar-refractivity contribution in [2.75, 3.05) is 0 Å². The maximum absolute atomic E-state index is 4.47. The van der Waals surface area contributed by atoms with Crippen LogP contribution >= 0.6 is 0 Å². The van der Waals surface area contributed by atoms with Gasteiger partial charge in [0.2, 0.25) is 0 Å². The number of aromatic nitrogens is 3. The molecule has 3 nitrogen and oxygen atoms in total. The number of aryl methyl sites for hydroxylation is 1. The summed E-state index contributed by atoms with van der Waals surface area (Å²) in [5, 5.41) is 0. The van der Waals surface area contributed by atoms with E-state index in [0.717, 1.165) is 17.0 Å². The van der Waals surface area contributed by atoms with Crippen LogP contribution in [-0.2, 0) is 0 Å². The maximum atomic E-state index is 4.47. The highest BCUT2D eigenvalue weighted by molar-refractivity contribution is 5.71. The first-order valence-electron chi connectivity index (χ1n) is 4.66. The molecule has 0 aliphatic heterocycles. The van der Waals surface area contributed by atoms with Gasteiger partial charge in [0.15, 0.2) is 5.65 Å². The van der Waals surface area contributed by atoms with E-state index in [-0.39, 0.29) is 0 Å². The number of imidazole rings is 1. The zero-order valence-corrected chi connectivity index (χ0v) is 7.57. The summed E-state index contributed by atoms with van der Waals surface area (Å²) in [4.78, 5) is 8.84. The minimum absolute atomic E-state index is 0.667. The number of hydrogen-bond donors (Lipinski definition) is 0. The number of hydrogen-bond acceptors (Lipinski definition) is 2. The largest absolute Gasteiger partial charge is 0.310 e. The summed E-state index contributed by atoms with van der Waals surface area (Å²) in [6.07, 6.45) is 4.40. The molecule has 0 aromatic carbocycles. The van der Waals surface area contributed by atoms with Crippen molar-refractivity contribution in [3.63, 3.8) is 0 Å². The van der Waals surface area contributed by atoms with Gasteiger partial charge in [-0.3, -0.25) is 0 Å². The molecule has 0 spiro atoms. The molecule has 0 bridgehead atoms.